The quantitative estimate of drug-likeness (QED) is 0.747. The predicted molar refractivity (Wildman–Crippen MR) is 87.7 cm³/mol. The van der Waals surface area contributed by atoms with E-state index in [0.29, 0.717) is 31.5 Å². The minimum Gasteiger partial charge on any atom is -0.314 e. The second-order valence-corrected chi connectivity index (χ2v) is 7.04. The summed E-state index contributed by atoms with van der Waals surface area (Å²) in [5.74, 6) is -0.350. The second-order valence-electron chi connectivity index (χ2n) is 6.63. The highest BCUT2D eigenvalue weighted by Gasteiger charge is 2.34. The van der Waals surface area contributed by atoms with Crippen LogP contribution in [0.5, 0.6) is 0 Å². The summed E-state index contributed by atoms with van der Waals surface area (Å²) < 4.78 is 53.8. The first-order chi connectivity index (χ1) is 11.2. The molecule has 0 unspecified atom stereocenters. The van der Waals surface area contributed by atoms with Gasteiger partial charge < -0.3 is 5.32 Å². The molecule has 1 aliphatic heterocycles. The van der Waals surface area contributed by atoms with Gasteiger partial charge in [-0.2, -0.15) is 13.2 Å². The molecule has 2 nitrogen and oxygen atoms in total. The van der Waals surface area contributed by atoms with Gasteiger partial charge in [0, 0.05) is 37.8 Å². The normalized spacial score (nSPS) is 18.2. The van der Waals surface area contributed by atoms with Gasteiger partial charge in [-0.3, -0.25) is 4.90 Å². The van der Waals surface area contributed by atoms with Gasteiger partial charge in [0.1, 0.15) is 5.82 Å². The maximum Gasteiger partial charge on any atom is 0.416 e. The molecule has 0 bridgehead atoms. The molecule has 1 atom stereocenters. The lowest BCUT2D eigenvalue weighted by molar-refractivity contribution is -0.137. The van der Waals surface area contributed by atoms with Crippen LogP contribution in [0.1, 0.15) is 43.9 Å². The van der Waals surface area contributed by atoms with Gasteiger partial charge >= 0.3 is 6.18 Å². The van der Waals surface area contributed by atoms with Gasteiger partial charge in [0.25, 0.3) is 0 Å². The van der Waals surface area contributed by atoms with Crippen molar-refractivity contribution >= 4 is 11.6 Å². The van der Waals surface area contributed by atoms with Crippen LogP contribution in [0.2, 0.25) is 5.02 Å². The molecule has 1 aromatic rings. The molecule has 0 spiro atoms. The largest absolute Gasteiger partial charge is 0.416 e. The topological polar surface area (TPSA) is 15.3 Å². The van der Waals surface area contributed by atoms with Crippen molar-refractivity contribution in [2.75, 3.05) is 26.2 Å². The van der Waals surface area contributed by atoms with E-state index < -0.39 is 28.6 Å². The van der Waals surface area contributed by atoms with Gasteiger partial charge in [-0.15, -0.1) is 0 Å². The van der Waals surface area contributed by atoms with E-state index in [0.717, 1.165) is 25.6 Å². The van der Waals surface area contributed by atoms with Crippen LogP contribution in [-0.2, 0) is 6.18 Å². The fourth-order valence-electron chi connectivity index (χ4n) is 3.04. The molecule has 1 N–H and O–H groups in total. The molecular formula is C17H23ClF4N2. The van der Waals surface area contributed by atoms with Crippen LogP contribution in [0.25, 0.3) is 0 Å². The summed E-state index contributed by atoms with van der Waals surface area (Å²) in [6.45, 7) is 6.93. The van der Waals surface area contributed by atoms with E-state index in [9.17, 15) is 17.6 Å². The van der Waals surface area contributed by atoms with Gasteiger partial charge in [-0.1, -0.05) is 25.4 Å². The van der Waals surface area contributed by atoms with Crippen LogP contribution < -0.4 is 5.32 Å². The van der Waals surface area contributed by atoms with E-state index in [4.69, 9.17) is 11.6 Å². The molecule has 24 heavy (non-hydrogen) atoms. The van der Waals surface area contributed by atoms with E-state index in [1.54, 1.807) is 0 Å². The smallest absolute Gasteiger partial charge is 0.314 e. The van der Waals surface area contributed by atoms with Crippen molar-refractivity contribution in [3.63, 3.8) is 0 Å². The Hall–Kier alpha value is -0.850. The molecule has 2 rings (SSSR count). The first-order valence-corrected chi connectivity index (χ1v) is 8.59. The summed E-state index contributed by atoms with van der Waals surface area (Å²) in [5, 5.41) is 2.74. The molecule has 0 amide bonds. The molecule has 1 saturated heterocycles. The lowest BCUT2D eigenvalue weighted by Gasteiger charge is -2.36. The van der Waals surface area contributed by atoms with Crippen LogP contribution in [0.3, 0.4) is 0 Å². The predicted octanol–water partition coefficient (Wildman–Crippen LogP) is 4.88. The van der Waals surface area contributed by atoms with Crippen LogP contribution in [0, 0.1) is 11.7 Å². The monoisotopic (exact) mass is 366 g/mol. The van der Waals surface area contributed by atoms with Crippen LogP contribution >= 0.6 is 11.6 Å². The number of alkyl halides is 3. The number of piperazine rings is 1. The van der Waals surface area contributed by atoms with Gasteiger partial charge in [-0.05, 0) is 30.9 Å². The molecule has 0 aliphatic carbocycles. The molecule has 1 fully saturated rings. The van der Waals surface area contributed by atoms with E-state index in [-0.39, 0.29) is 5.56 Å². The summed E-state index contributed by atoms with van der Waals surface area (Å²) in [4.78, 5) is 2.05. The van der Waals surface area contributed by atoms with E-state index in [1.807, 2.05) is 18.7 Å². The number of hydrogen-bond acceptors (Lipinski definition) is 2. The highest BCUT2D eigenvalue weighted by Crippen LogP contribution is 2.38. The molecule has 1 aliphatic rings. The van der Waals surface area contributed by atoms with Crippen molar-refractivity contribution in [2.24, 2.45) is 5.92 Å². The van der Waals surface area contributed by atoms with Crippen molar-refractivity contribution in [1.82, 2.24) is 10.2 Å². The van der Waals surface area contributed by atoms with Crippen molar-refractivity contribution < 1.29 is 17.6 Å². The lowest BCUT2D eigenvalue weighted by atomic mass is 9.94. The fourth-order valence-corrected chi connectivity index (χ4v) is 3.26. The van der Waals surface area contributed by atoms with Crippen LogP contribution in [0.15, 0.2) is 12.1 Å². The third-order valence-electron chi connectivity index (χ3n) is 4.35. The first-order valence-electron chi connectivity index (χ1n) is 8.21. The maximum absolute atomic E-state index is 14.6. The van der Waals surface area contributed by atoms with Gasteiger partial charge in [-0.25, -0.2) is 4.39 Å². The zero-order valence-electron chi connectivity index (χ0n) is 13.9. The summed E-state index contributed by atoms with van der Waals surface area (Å²) in [7, 11) is 0. The molecule has 7 heteroatoms. The molecule has 0 aromatic heterocycles. The minimum absolute atomic E-state index is 0.0531. The SMILES string of the molecule is CC(C)CC[C@@H](c1cc(C(F)(F)F)cc(Cl)c1F)N1CCNCC1. The van der Waals surface area contributed by atoms with E-state index in [1.165, 1.54) is 0 Å². The summed E-state index contributed by atoms with van der Waals surface area (Å²) in [5.41, 5.74) is -0.842. The first kappa shape index (κ1) is 19.5. The van der Waals surface area contributed by atoms with Gasteiger partial charge in [0.2, 0.25) is 0 Å². The average Bonchev–Trinajstić information content (AvgIpc) is 2.51. The molecule has 1 heterocycles. The van der Waals surface area contributed by atoms with Crippen molar-refractivity contribution in [3.05, 3.63) is 34.1 Å². The maximum atomic E-state index is 14.6. The van der Waals surface area contributed by atoms with E-state index >= 15 is 0 Å². The molecular weight excluding hydrogens is 344 g/mol. The molecule has 0 saturated carbocycles. The zero-order chi connectivity index (χ0) is 17.9. The number of nitrogens with one attached hydrogen (secondary N) is 1. The zero-order valence-corrected chi connectivity index (χ0v) is 14.6. The molecule has 136 valence electrons. The fraction of sp³-hybridized carbons (Fsp3) is 0.647. The molecule has 1 aromatic carbocycles. The Bertz CT molecular complexity index is 554. The third-order valence-corrected chi connectivity index (χ3v) is 4.63. The minimum atomic E-state index is -4.54. The summed E-state index contributed by atoms with van der Waals surface area (Å²) >= 11 is 5.76. The Kier molecular flexibility index (Phi) is 6.51. The van der Waals surface area contributed by atoms with Gasteiger partial charge in [0.05, 0.1) is 10.6 Å². The number of benzene rings is 1. The summed E-state index contributed by atoms with van der Waals surface area (Å²) in [6, 6.07) is 1.20. The molecule has 0 radical (unpaired) electrons. The number of hydrogen-bond donors (Lipinski definition) is 1. The number of nitrogens with zero attached hydrogens (tertiary/aromatic N) is 1. The standard InChI is InChI=1S/C17H23ClF4N2/c1-11(2)3-4-15(24-7-5-23-6-8-24)13-9-12(17(20,21)22)10-14(18)16(13)19/h9-11,15,23H,3-8H2,1-2H3/t15-/m0/s1. The van der Waals surface area contributed by atoms with Crippen molar-refractivity contribution in [3.8, 4) is 0 Å². The number of halogens is 5. The van der Waals surface area contributed by atoms with Crippen molar-refractivity contribution in [1.29, 1.82) is 0 Å². The highest BCUT2D eigenvalue weighted by molar-refractivity contribution is 6.30. The Balaban J connectivity index is 2.41. The Morgan fingerprint density at radius 3 is 2.33 bits per heavy atom. The van der Waals surface area contributed by atoms with Crippen molar-refractivity contribution in [2.45, 2.75) is 38.9 Å². The average molecular weight is 367 g/mol. The Morgan fingerprint density at radius 1 is 1.17 bits per heavy atom. The van der Waals surface area contributed by atoms with Crippen LogP contribution in [0.4, 0.5) is 17.6 Å². The second kappa shape index (κ2) is 8.02. The van der Waals surface area contributed by atoms with Crippen LogP contribution in [-0.4, -0.2) is 31.1 Å². The lowest BCUT2D eigenvalue weighted by Crippen LogP contribution is -2.45. The Morgan fingerprint density at radius 2 is 1.79 bits per heavy atom. The third kappa shape index (κ3) is 4.83. The summed E-state index contributed by atoms with van der Waals surface area (Å²) in [6.07, 6.45) is -3.13. The Labute approximate surface area is 145 Å². The number of rotatable bonds is 5. The van der Waals surface area contributed by atoms with Gasteiger partial charge in [0.15, 0.2) is 0 Å². The van der Waals surface area contributed by atoms with E-state index in [2.05, 4.69) is 5.32 Å². The highest BCUT2D eigenvalue weighted by atomic mass is 35.5.